The Labute approximate surface area is 221 Å². The summed E-state index contributed by atoms with van der Waals surface area (Å²) in [7, 11) is 1.76. The highest BCUT2D eigenvalue weighted by Gasteiger charge is 2.26. The van der Waals surface area contributed by atoms with E-state index >= 15 is 0 Å². The van der Waals surface area contributed by atoms with Crippen molar-refractivity contribution < 1.29 is 9.47 Å². The molecule has 3 aromatic rings. The number of anilines is 1. The van der Waals surface area contributed by atoms with Crippen LogP contribution < -0.4 is 14.4 Å². The highest BCUT2D eigenvalue weighted by Crippen LogP contribution is 2.36. The van der Waals surface area contributed by atoms with Crippen LogP contribution in [0.4, 0.5) is 5.69 Å². The standard InChI is InChI=1S/C31H40N4O2/c1-36-29-13-6-5-12-28(29)35-16-8-15-33(17-18-35)21-25-19-26-22-34(20-24-9-3-2-4-10-24)23-37-31(26)30-27(25)11-7-14-32-30/h5-7,11-14,19,24H,2-4,8-10,15-18,20-23H2,1H3. The first kappa shape index (κ1) is 24.5. The molecule has 6 rings (SSSR count). The van der Waals surface area contributed by atoms with E-state index in [1.54, 1.807) is 7.11 Å². The highest BCUT2D eigenvalue weighted by atomic mass is 16.5. The van der Waals surface area contributed by atoms with Gasteiger partial charge in [0.1, 0.15) is 18.0 Å². The summed E-state index contributed by atoms with van der Waals surface area (Å²) in [5, 5.41) is 1.23. The van der Waals surface area contributed by atoms with Gasteiger partial charge in [0.15, 0.2) is 5.75 Å². The number of hydrogen-bond acceptors (Lipinski definition) is 6. The Hall–Kier alpha value is -2.83. The number of hydrogen-bond donors (Lipinski definition) is 0. The fraction of sp³-hybridized carbons (Fsp3) is 0.516. The summed E-state index contributed by atoms with van der Waals surface area (Å²) in [5.41, 5.74) is 4.90. The third kappa shape index (κ3) is 5.41. The lowest BCUT2D eigenvalue weighted by Gasteiger charge is -2.34. The summed E-state index contributed by atoms with van der Waals surface area (Å²) in [6.45, 7) is 7.91. The van der Waals surface area contributed by atoms with Crippen molar-refractivity contribution in [3.05, 3.63) is 59.8 Å². The number of aromatic nitrogens is 1. The molecule has 37 heavy (non-hydrogen) atoms. The predicted molar refractivity (Wildman–Crippen MR) is 149 cm³/mol. The molecule has 2 fully saturated rings. The third-order valence-electron chi connectivity index (χ3n) is 8.44. The van der Waals surface area contributed by atoms with Crippen LogP contribution in [0.25, 0.3) is 10.9 Å². The fourth-order valence-electron chi connectivity index (χ4n) is 6.56. The van der Waals surface area contributed by atoms with Gasteiger partial charge in [0.2, 0.25) is 0 Å². The largest absolute Gasteiger partial charge is 0.495 e. The predicted octanol–water partition coefficient (Wildman–Crippen LogP) is 5.69. The van der Waals surface area contributed by atoms with E-state index < -0.39 is 0 Å². The number of pyridine rings is 1. The second-order valence-corrected chi connectivity index (χ2v) is 11.0. The zero-order chi connectivity index (χ0) is 25.0. The minimum Gasteiger partial charge on any atom is -0.495 e. The number of nitrogens with zero attached hydrogens (tertiary/aromatic N) is 4. The Morgan fingerprint density at radius 1 is 0.946 bits per heavy atom. The summed E-state index contributed by atoms with van der Waals surface area (Å²) >= 11 is 0. The topological polar surface area (TPSA) is 41.1 Å². The van der Waals surface area contributed by atoms with Crippen molar-refractivity contribution in [2.45, 2.75) is 51.6 Å². The molecule has 3 heterocycles. The second kappa shape index (κ2) is 11.3. The maximum absolute atomic E-state index is 6.37. The molecule has 0 amide bonds. The van der Waals surface area contributed by atoms with E-state index in [2.05, 4.69) is 51.1 Å². The van der Waals surface area contributed by atoms with Crippen molar-refractivity contribution in [3.8, 4) is 11.5 Å². The van der Waals surface area contributed by atoms with Gasteiger partial charge in [-0.3, -0.25) is 14.8 Å². The minimum absolute atomic E-state index is 0.680. The van der Waals surface area contributed by atoms with E-state index in [4.69, 9.17) is 14.5 Å². The van der Waals surface area contributed by atoms with E-state index in [-0.39, 0.29) is 0 Å². The van der Waals surface area contributed by atoms with Gasteiger partial charge >= 0.3 is 0 Å². The van der Waals surface area contributed by atoms with Crippen molar-refractivity contribution in [2.24, 2.45) is 5.92 Å². The van der Waals surface area contributed by atoms with Gasteiger partial charge in [-0.05, 0) is 55.0 Å². The average Bonchev–Trinajstić information content (AvgIpc) is 3.19. The molecule has 1 aromatic heterocycles. The number of ether oxygens (including phenoxy) is 2. The smallest absolute Gasteiger partial charge is 0.152 e. The summed E-state index contributed by atoms with van der Waals surface area (Å²) in [6, 6.07) is 15.1. The van der Waals surface area contributed by atoms with Gasteiger partial charge in [-0.2, -0.15) is 0 Å². The Balaban J connectivity index is 1.19. The molecule has 0 unspecified atom stereocenters. The molecule has 0 atom stereocenters. The Morgan fingerprint density at radius 2 is 1.84 bits per heavy atom. The first-order valence-electron chi connectivity index (χ1n) is 14.1. The van der Waals surface area contributed by atoms with Crippen molar-refractivity contribution in [1.82, 2.24) is 14.8 Å². The quantitative estimate of drug-likeness (QED) is 0.433. The lowest BCUT2D eigenvalue weighted by Crippen LogP contribution is -2.36. The molecule has 0 bridgehead atoms. The highest BCUT2D eigenvalue weighted by molar-refractivity contribution is 5.89. The Bertz CT molecular complexity index is 1210. The Kier molecular flexibility index (Phi) is 7.47. The maximum atomic E-state index is 6.37. The zero-order valence-corrected chi connectivity index (χ0v) is 22.2. The number of para-hydroxylation sites is 2. The Morgan fingerprint density at radius 3 is 2.73 bits per heavy atom. The molecule has 196 valence electrons. The van der Waals surface area contributed by atoms with Gasteiger partial charge < -0.3 is 14.4 Å². The first-order chi connectivity index (χ1) is 18.3. The number of methoxy groups -OCH3 is 1. The van der Waals surface area contributed by atoms with Crippen LogP contribution in [0.2, 0.25) is 0 Å². The molecule has 0 spiro atoms. The molecule has 0 radical (unpaired) electrons. The molecule has 0 N–H and O–H groups in total. The molecule has 6 nitrogen and oxygen atoms in total. The molecule has 3 aliphatic rings. The van der Waals surface area contributed by atoms with Crippen LogP contribution in [0.15, 0.2) is 48.7 Å². The van der Waals surface area contributed by atoms with Crippen LogP contribution in [0.3, 0.4) is 0 Å². The molecule has 1 saturated carbocycles. The van der Waals surface area contributed by atoms with E-state index in [0.717, 1.165) is 75.2 Å². The monoisotopic (exact) mass is 500 g/mol. The molecule has 1 saturated heterocycles. The summed E-state index contributed by atoms with van der Waals surface area (Å²) in [6.07, 6.45) is 9.96. The van der Waals surface area contributed by atoms with Crippen LogP contribution in [-0.4, -0.2) is 61.3 Å². The summed E-state index contributed by atoms with van der Waals surface area (Å²) < 4.78 is 12.0. The molecular formula is C31H40N4O2. The van der Waals surface area contributed by atoms with Gasteiger partial charge in [-0.15, -0.1) is 0 Å². The fourth-order valence-corrected chi connectivity index (χ4v) is 6.56. The van der Waals surface area contributed by atoms with Crippen LogP contribution >= 0.6 is 0 Å². The van der Waals surface area contributed by atoms with Crippen molar-refractivity contribution >= 4 is 16.6 Å². The van der Waals surface area contributed by atoms with Crippen molar-refractivity contribution in [2.75, 3.05) is 51.5 Å². The average molecular weight is 501 g/mol. The molecule has 1 aliphatic carbocycles. The van der Waals surface area contributed by atoms with Crippen LogP contribution in [0.1, 0.15) is 49.7 Å². The van der Waals surface area contributed by atoms with E-state index in [0.29, 0.717) is 6.73 Å². The third-order valence-corrected chi connectivity index (χ3v) is 8.44. The lowest BCUT2D eigenvalue weighted by atomic mass is 9.89. The van der Waals surface area contributed by atoms with E-state index in [1.165, 1.54) is 54.3 Å². The van der Waals surface area contributed by atoms with Gasteiger partial charge in [0, 0.05) is 63.0 Å². The van der Waals surface area contributed by atoms with E-state index in [9.17, 15) is 0 Å². The summed E-state index contributed by atoms with van der Waals surface area (Å²) in [5.74, 6) is 2.78. The SMILES string of the molecule is COc1ccccc1N1CCCN(Cc2cc3c(c4ncccc24)OCN(CC2CCCCC2)C3)CC1. The van der Waals surface area contributed by atoms with Crippen molar-refractivity contribution in [3.63, 3.8) is 0 Å². The lowest BCUT2D eigenvalue weighted by molar-refractivity contribution is 0.0740. The van der Waals surface area contributed by atoms with Crippen LogP contribution in [-0.2, 0) is 13.1 Å². The second-order valence-electron chi connectivity index (χ2n) is 11.0. The molecule has 6 heteroatoms. The normalized spacial score (nSPS) is 19.9. The molecular weight excluding hydrogens is 460 g/mol. The van der Waals surface area contributed by atoms with Gasteiger partial charge in [0.25, 0.3) is 0 Å². The van der Waals surface area contributed by atoms with E-state index in [1.807, 2.05) is 12.3 Å². The number of benzene rings is 2. The van der Waals surface area contributed by atoms with Crippen molar-refractivity contribution in [1.29, 1.82) is 0 Å². The van der Waals surface area contributed by atoms with Gasteiger partial charge in [-0.1, -0.05) is 37.5 Å². The first-order valence-corrected chi connectivity index (χ1v) is 14.1. The zero-order valence-electron chi connectivity index (χ0n) is 22.2. The maximum Gasteiger partial charge on any atom is 0.152 e. The summed E-state index contributed by atoms with van der Waals surface area (Å²) in [4.78, 5) is 12.4. The molecule has 2 aromatic carbocycles. The van der Waals surface area contributed by atoms with Crippen LogP contribution in [0.5, 0.6) is 11.5 Å². The minimum atomic E-state index is 0.680. The number of fused-ring (bicyclic) bond motifs is 3. The molecule has 2 aliphatic heterocycles. The van der Waals surface area contributed by atoms with Gasteiger partial charge in [0.05, 0.1) is 12.8 Å². The van der Waals surface area contributed by atoms with Gasteiger partial charge in [-0.25, -0.2) is 0 Å². The number of rotatable bonds is 6. The van der Waals surface area contributed by atoms with Crippen LogP contribution in [0, 0.1) is 5.92 Å².